The fourth-order valence-corrected chi connectivity index (χ4v) is 5.49. The predicted octanol–water partition coefficient (Wildman–Crippen LogP) is 6.43. The number of benzene rings is 3. The highest BCUT2D eigenvalue weighted by Gasteiger charge is 2.23. The second-order valence-corrected chi connectivity index (χ2v) is 10.6. The molecule has 10 heteroatoms. The normalized spacial score (nSPS) is 12.4. The molecule has 0 saturated heterocycles. The highest BCUT2D eigenvalue weighted by atomic mass is 35.5. The van der Waals surface area contributed by atoms with Crippen LogP contribution in [0.25, 0.3) is 0 Å². The Morgan fingerprint density at radius 3 is 2.32 bits per heavy atom. The third-order valence-corrected chi connectivity index (χ3v) is 7.82. The summed E-state index contributed by atoms with van der Waals surface area (Å²) in [5.74, 6) is -1.14. The number of aromatic carboxylic acids is 1. The standard InChI is InChI=1S/C24H23Cl3N2O4S/c1-2-15(16-6-4-3-5-7-16)13-28-22-12-21(27)23(11-19(22)24(30)31)34(32,33)29-14-17-8-9-18(25)10-20(17)26/h3-12,15,28-29H,2,13-14H2,1H3,(H,30,31). The van der Waals surface area contributed by atoms with Crippen LogP contribution in [0.4, 0.5) is 5.69 Å². The Balaban J connectivity index is 1.84. The Morgan fingerprint density at radius 2 is 1.71 bits per heavy atom. The topological polar surface area (TPSA) is 95.5 Å². The fraction of sp³-hybridized carbons (Fsp3) is 0.208. The molecule has 0 aromatic heterocycles. The van der Waals surface area contributed by atoms with Crippen molar-refractivity contribution in [2.45, 2.75) is 30.7 Å². The summed E-state index contributed by atoms with van der Waals surface area (Å²) in [6.45, 7) is 2.38. The van der Waals surface area contributed by atoms with Crippen LogP contribution < -0.4 is 10.0 Å². The van der Waals surface area contributed by atoms with E-state index in [2.05, 4.69) is 10.0 Å². The van der Waals surface area contributed by atoms with Crippen molar-refractivity contribution in [1.29, 1.82) is 0 Å². The van der Waals surface area contributed by atoms with Crippen molar-refractivity contribution in [2.24, 2.45) is 0 Å². The van der Waals surface area contributed by atoms with Gasteiger partial charge in [-0.25, -0.2) is 17.9 Å². The lowest BCUT2D eigenvalue weighted by Crippen LogP contribution is -2.24. The third-order valence-electron chi connectivity index (χ3n) is 5.36. The summed E-state index contributed by atoms with van der Waals surface area (Å²) >= 11 is 18.3. The van der Waals surface area contributed by atoms with Gasteiger partial charge in [0, 0.05) is 29.1 Å². The quantitative estimate of drug-likeness (QED) is 0.275. The minimum atomic E-state index is -4.13. The highest BCUT2D eigenvalue weighted by molar-refractivity contribution is 7.89. The molecule has 3 rings (SSSR count). The lowest BCUT2D eigenvalue weighted by atomic mass is 9.96. The first-order chi connectivity index (χ1) is 16.1. The van der Waals surface area contributed by atoms with Crippen molar-refractivity contribution in [3.05, 3.63) is 92.4 Å². The highest BCUT2D eigenvalue weighted by Crippen LogP contribution is 2.31. The van der Waals surface area contributed by atoms with E-state index in [-0.39, 0.29) is 33.6 Å². The maximum absolute atomic E-state index is 12.9. The Morgan fingerprint density at radius 1 is 1.00 bits per heavy atom. The number of carbonyl (C=O) groups is 1. The number of hydrogen-bond acceptors (Lipinski definition) is 4. The molecule has 0 bridgehead atoms. The van der Waals surface area contributed by atoms with E-state index in [0.29, 0.717) is 22.2 Å². The molecule has 0 amide bonds. The zero-order chi connectivity index (χ0) is 24.9. The molecule has 3 N–H and O–H groups in total. The largest absolute Gasteiger partial charge is 0.478 e. The summed E-state index contributed by atoms with van der Waals surface area (Å²) in [6.07, 6.45) is 0.830. The van der Waals surface area contributed by atoms with E-state index in [1.807, 2.05) is 37.3 Å². The first-order valence-corrected chi connectivity index (χ1v) is 13.0. The summed E-state index contributed by atoms with van der Waals surface area (Å²) in [5.41, 5.74) is 1.67. The van der Waals surface area contributed by atoms with E-state index < -0.39 is 16.0 Å². The summed E-state index contributed by atoms with van der Waals surface area (Å²) in [7, 11) is -4.13. The van der Waals surface area contributed by atoms with Gasteiger partial charge in [0.2, 0.25) is 10.0 Å². The van der Waals surface area contributed by atoms with Gasteiger partial charge in [-0.2, -0.15) is 0 Å². The Hall–Kier alpha value is -2.29. The molecular formula is C24H23Cl3N2O4S. The Kier molecular flexibility index (Phi) is 8.84. The predicted molar refractivity (Wildman–Crippen MR) is 137 cm³/mol. The van der Waals surface area contributed by atoms with Crippen LogP contribution in [0.1, 0.15) is 40.7 Å². The SMILES string of the molecule is CCC(CNc1cc(Cl)c(S(=O)(=O)NCc2ccc(Cl)cc2Cl)cc1C(=O)O)c1ccccc1. The molecule has 0 fully saturated rings. The van der Waals surface area contributed by atoms with E-state index in [1.165, 1.54) is 12.1 Å². The van der Waals surface area contributed by atoms with Crippen molar-refractivity contribution < 1.29 is 18.3 Å². The monoisotopic (exact) mass is 540 g/mol. The summed E-state index contributed by atoms with van der Waals surface area (Å²) < 4.78 is 28.2. The molecule has 0 aliphatic carbocycles. The van der Waals surface area contributed by atoms with Crippen LogP contribution in [0.2, 0.25) is 15.1 Å². The number of sulfonamides is 1. The van der Waals surface area contributed by atoms with E-state index in [1.54, 1.807) is 12.1 Å². The van der Waals surface area contributed by atoms with E-state index >= 15 is 0 Å². The van der Waals surface area contributed by atoms with Crippen LogP contribution in [0, 0.1) is 0 Å². The van der Waals surface area contributed by atoms with Crippen molar-refractivity contribution in [3.63, 3.8) is 0 Å². The van der Waals surface area contributed by atoms with Crippen LogP contribution in [0.15, 0.2) is 65.6 Å². The number of carboxylic acid groups (broad SMARTS) is 1. The molecule has 0 aliphatic rings. The summed E-state index contributed by atoms with van der Waals surface area (Å²) in [4.78, 5) is 11.6. The lowest BCUT2D eigenvalue weighted by Gasteiger charge is -2.19. The van der Waals surface area contributed by atoms with E-state index in [9.17, 15) is 18.3 Å². The average molecular weight is 542 g/mol. The van der Waals surface area contributed by atoms with Gasteiger partial charge in [0.1, 0.15) is 4.90 Å². The number of nitrogens with one attached hydrogen (secondary N) is 2. The molecule has 6 nitrogen and oxygen atoms in total. The number of carboxylic acids is 1. The Bertz CT molecular complexity index is 1280. The average Bonchev–Trinajstić information content (AvgIpc) is 2.79. The maximum atomic E-state index is 12.9. The molecule has 34 heavy (non-hydrogen) atoms. The molecular weight excluding hydrogens is 519 g/mol. The van der Waals surface area contributed by atoms with E-state index in [0.717, 1.165) is 18.1 Å². The first kappa shape index (κ1) is 26.3. The molecule has 0 radical (unpaired) electrons. The lowest BCUT2D eigenvalue weighted by molar-refractivity contribution is 0.0697. The van der Waals surface area contributed by atoms with Gasteiger partial charge in [-0.1, -0.05) is 78.1 Å². The molecule has 0 saturated carbocycles. The third kappa shape index (κ3) is 6.43. The van der Waals surface area contributed by atoms with Crippen LogP contribution in [0.3, 0.4) is 0 Å². The van der Waals surface area contributed by atoms with Gasteiger partial charge in [0.15, 0.2) is 0 Å². The van der Waals surface area contributed by atoms with Crippen molar-refractivity contribution in [3.8, 4) is 0 Å². The molecule has 1 atom stereocenters. The van der Waals surface area contributed by atoms with Crippen LogP contribution >= 0.6 is 34.8 Å². The molecule has 180 valence electrons. The molecule has 1 unspecified atom stereocenters. The van der Waals surface area contributed by atoms with Crippen LogP contribution in [0.5, 0.6) is 0 Å². The number of hydrogen-bond donors (Lipinski definition) is 3. The van der Waals surface area contributed by atoms with Gasteiger partial charge in [-0.15, -0.1) is 0 Å². The second-order valence-electron chi connectivity index (χ2n) is 7.59. The first-order valence-electron chi connectivity index (χ1n) is 10.4. The molecule has 0 spiro atoms. The zero-order valence-electron chi connectivity index (χ0n) is 18.2. The molecule has 0 heterocycles. The Labute approximate surface area is 213 Å². The zero-order valence-corrected chi connectivity index (χ0v) is 21.3. The van der Waals surface area contributed by atoms with Crippen molar-refractivity contribution in [2.75, 3.05) is 11.9 Å². The van der Waals surface area contributed by atoms with Gasteiger partial charge in [0.25, 0.3) is 0 Å². The minimum Gasteiger partial charge on any atom is -0.478 e. The van der Waals surface area contributed by atoms with Gasteiger partial charge in [-0.05, 0) is 41.8 Å². The molecule has 3 aromatic rings. The molecule has 3 aromatic carbocycles. The minimum absolute atomic E-state index is 0.102. The van der Waals surface area contributed by atoms with Crippen LogP contribution in [-0.2, 0) is 16.6 Å². The number of halogens is 3. The van der Waals surface area contributed by atoms with Gasteiger partial charge in [0.05, 0.1) is 16.3 Å². The van der Waals surface area contributed by atoms with Crippen LogP contribution in [-0.4, -0.2) is 26.0 Å². The summed E-state index contributed by atoms with van der Waals surface area (Å²) in [6, 6.07) is 16.9. The smallest absolute Gasteiger partial charge is 0.337 e. The van der Waals surface area contributed by atoms with Crippen molar-refractivity contribution >= 4 is 56.5 Å². The van der Waals surface area contributed by atoms with E-state index in [4.69, 9.17) is 34.8 Å². The fourth-order valence-electron chi connectivity index (χ4n) is 3.45. The summed E-state index contributed by atoms with van der Waals surface area (Å²) in [5, 5.41) is 13.5. The number of rotatable bonds is 10. The van der Waals surface area contributed by atoms with Crippen molar-refractivity contribution in [1.82, 2.24) is 4.72 Å². The second kappa shape index (κ2) is 11.4. The number of anilines is 1. The maximum Gasteiger partial charge on any atom is 0.337 e. The molecule has 0 aliphatic heterocycles. The van der Waals surface area contributed by atoms with Gasteiger partial charge < -0.3 is 10.4 Å². The van der Waals surface area contributed by atoms with Gasteiger partial charge in [-0.3, -0.25) is 0 Å². The van der Waals surface area contributed by atoms with Gasteiger partial charge >= 0.3 is 5.97 Å².